The number of benzene rings is 1. The lowest BCUT2D eigenvalue weighted by Gasteiger charge is -2.57. The molecule has 0 radical (unpaired) electrons. The van der Waals surface area contributed by atoms with Crippen LogP contribution in [-0.2, 0) is 0 Å². The van der Waals surface area contributed by atoms with Crippen LogP contribution in [0.1, 0.15) is 36.3 Å². The molecule has 0 bridgehead atoms. The minimum Gasteiger partial charge on any atom is -0.338 e. The van der Waals surface area contributed by atoms with Gasteiger partial charge in [0.1, 0.15) is 5.69 Å². The summed E-state index contributed by atoms with van der Waals surface area (Å²) in [4.78, 5) is 17.9. The highest BCUT2D eigenvalue weighted by atomic mass is 16.2. The van der Waals surface area contributed by atoms with E-state index >= 15 is 0 Å². The number of nitrogens with one attached hydrogen (secondary N) is 1. The summed E-state index contributed by atoms with van der Waals surface area (Å²) < 4.78 is 0. The van der Waals surface area contributed by atoms with E-state index in [9.17, 15) is 4.79 Å². The number of aromatic amines is 1. The second-order valence-corrected chi connectivity index (χ2v) is 9.44. The van der Waals surface area contributed by atoms with Crippen LogP contribution in [-0.4, -0.2) is 59.6 Å². The average molecular weight is 367 g/mol. The van der Waals surface area contributed by atoms with E-state index in [4.69, 9.17) is 0 Å². The molecule has 2 heterocycles. The quantitative estimate of drug-likeness (QED) is 0.902. The lowest BCUT2D eigenvalue weighted by molar-refractivity contribution is -0.0789. The molecule has 5 heteroatoms. The number of carbonyl (C=O) groups excluding carboxylic acids is 1. The number of aryl methyl sites for hydroxylation is 1. The van der Waals surface area contributed by atoms with Crippen molar-refractivity contribution in [3.63, 3.8) is 0 Å². The summed E-state index contributed by atoms with van der Waals surface area (Å²) in [5.41, 5.74) is 3.85. The zero-order valence-corrected chi connectivity index (χ0v) is 17.0. The predicted octanol–water partition coefficient (Wildman–Crippen LogP) is 3.44. The van der Waals surface area contributed by atoms with E-state index in [0.717, 1.165) is 42.1 Å². The predicted molar refractivity (Wildman–Crippen MR) is 108 cm³/mol. The Hall–Kier alpha value is -2.14. The van der Waals surface area contributed by atoms with Crippen molar-refractivity contribution >= 4 is 5.91 Å². The van der Waals surface area contributed by atoms with E-state index < -0.39 is 0 Å². The third kappa shape index (κ3) is 2.89. The largest absolute Gasteiger partial charge is 0.338 e. The number of hydrogen-bond donors (Lipinski definition) is 1. The third-order valence-electron chi connectivity index (χ3n) is 6.53. The third-order valence-corrected chi connectivity index (χ3v) is 6.53. The monoisotopic (exact) mass is 366 g/mol. The lowest BCUT2D eigenvalue weighted by atomic mass is 9.48. The molecule has 0 unspecified atom stereocenters. The highest BCUT2D eigenvalue weighted by Gasteiger charge is 2.63. The second-order valence-electron chi connectivity index (χ2n) is 9.44. The number of aromatic nitrogens is 2. The summed E-state index contributed by atoms with van der Waals surface area (Å²) in [6.07, 6.45) is 1.18. The van der Waals surface area contributed by atoms with Gasteiger partial charge >= 0.3 is 0 Å². The molecular weight excluding hydrogens is 336 g/mol. The maximum absolute atomic E-state index is 13.5. The molecule has 1 aliphatic carbocycles. The van der Waals surface area contributed by atoms with Crippen molar-refractivity contribution in [3.05, 3.63) is 41.6 Å². The fraction of sp³-hybridized carbons (Fsp3) is 0.545. The van der Waals surface area contributed by atoms with Crippen LogP contribution in [0.3, 0.4) is 0 Å². The highest BCUT2D eigenvalue weighted by molar-refractivity contribution is 6.01. The van der Waals surface area contributed by atoms with E-state index in [1.54, 1.807) is 0 Å². The molecule has 2 aliphatic rings. The van der Waals surface area contributed by atoms with E-state index in [2.05, 4.69) is 47.9 Å². The first kappa shape index (κ1) is 18.2. The molecule has 0 spiro atoms. The molecule has 1 saturated carbocycles. The number of amides is 1. The Morgan fingerprint density at radius 2 is 2.00 bits per heavy atom. The van der Waals surface area contributed by atoms with Gasteiger partial charge in [-0.15, -0.1) is 0 Å². The van der Waals surface area contributed by atoms with Gasteiger partial charge in [0, 0.05) is 36.3 Å². The number of hydrogen-bond acceptors (Lipinski definition) is 3. The Balaban J connectivity index is 1.65. The van der Waals surface area contributed by atoms with Gasteiger partial charge in [-0.3, -0.25) is 9.89 Å². The van der Waals surface area contributed by atoms with Crippen LogP contribution in [0.25, 0.3) is 11.3 Å². The molecule has 1 amide bonds. The first-order valence-electron chi connectivity index (χ1n) is 9.78. The van der Waals surface area contributed by atoms with E-state index in [-0.39, 0.29) is 11.3 Å². The van der Waals surface area contributed by atoms with Crippen molar-refractivity contribution in [2.24, 2.45) is 16.7 Å². The molecule has 2 atom stereocenters. The van der Waals surface area contributed by atoms with Gasteiger partial charge < -0.3 is 9.80 Å². The Labute approximate surface area is 161 Å². The van der Waals surface area contributed by atoms with Crippen LogP contribution in [0.15, 0.2) is 30.3 Å². The Kier molecular flexibility index (Phi) is 4.18. The zero-order chi connectivity index (χ0) is 19.4. The molecule has 1 aromatic heterocycles. The maximum atomic E-state index is 13.5. The molecule has 144 valence electrons. The standard InChI is InChI=1S/C22H30N4O/c1-15-18(19(24-23-15)16-9-7-6-8-10-16)20(27)26-11-17-21(2,3)12-22(17,14-26)13-25(4)5/h6-10,17H,11-14H2,1-5H3,(H,23,24)/t17-,22+/m1/s1. The van der Waals surface area contributed by atoms with Crippen LogP contribution in [0.2, 0.25) is 0 Å². The SMILES string of the molecule is Cc1[nH]nc(-c2ccccc2)c1C(=O)N1C[C@@H]2C(C)(C)C[C@]2(CN(C)C)C1. The summed E-state index contributed by atoms with van der Waals surface area (Å²) in [6.45, 7) is 9.36. The topological polar surface area (TPSA) is 52.2 Å². The van der Waals surface area contributed by atoms with Crippen LogP contribution < -0.4 is 0 Å². The van der Waals surface area contributed by atoms with Gasteiger partial charge in [0.05, 0.1) is 5.56 Å². The minimum absolute atomic E-state index is 0.114. The minimum atomic E-state index is 0.114. The number of nitrogens with zero attached hydrogens (tertiary/aromatic N) is 3. The van der Waals surface area contributed by atoms with E-state index in [0.29, 0.717) is 11.3 Å². The first-order chi connectivity index (χ1) is 12.7. The van der Waals surface area contributed by atoms with Gasteiger partial charge in [-0.2, -0.15) is 5.10 Å². The van der Waals surface area contributed by atoms with Crippen LogP contribution in [0.5, 0.6) is 0 Å². The van der Waals surface area contributed by atoms with E-state index in [1.807, 2.05) is 37.3 Å². The molecule has 1 aromatic carbocycles. The summed E-state index contributed by atoms with van der Waals surface area (Å²) in [5.74, 6) is 0.673. The Bertz CT molecular complexity index is 850. The Morgan fingerprint density at radius 1 is 1.30 bits per heavy atom. The fourth-order valence-electron chi connectivity index (χ4n) is 5.78. The normalized spacial score (nSPS) is 26.1. The summed E-state index contributed by atoms with van der Waals surface area (Å²) in [6, 6.07) is 9.97. The number of likely N-dealkylation sites (tertiary alicyclic amines) is 1. The van der Waals surface area contributed by atoms with Crippen molar-refractivity contribution < 1.29 is 4.79 Å². The smallest absolute Gasteiger partial charge is 0.257 e. The van der Waals surface area contributed by atoms with Crippen LogP contribution in [0.4, 0.5) is 0 Å². The molecule has 2 aromatic rings. The molecule has 4 rings (SSSR count). The van der Waals surface area contributed by atoms with Gasteiger partial charge in [-0.05, 0) is 38.8 Å². The maximum Gasteiger partial charge on any atom is 0.257 e. The number of fused-ring (bicyclic) bond motifs is 1. The molecule has 1 aliphatic heterocycles. The van der Waals surface area contributed by atoms with Gasteiger partial charge in [0.25, 0.3) is 5.91 Å². The summed E-state index contributed by atoms with van der Waals surface area (Å²) >= 11 is 0. The summed E-state index contributed by atoms with van der Waals surface area (Å²) in [7, 11) is 4.27. The molecule has 2 fully saturated rings. The van der Waals surface area contributed by atoms with Gasteiger partial charge in [0.15, 0.2) is 0 Å². The van der Waals surface area contributed by atoms with Gasteiger partial charge in [-0.25, -0.2) is 0 Å². The number of carbonyl (C=O) groups is 1. The van der Waals surface area contributed by atoms with Crippen molar-refractivity contribution in [1.29, 1.82) is 0 Å². The van der Waals surface area contributed by atoms with Crippen LogP contribution in [0, 0.1) is 23.7 Å². The van der Waals surface area contributed by atoms with Gasteiger partial charge in [0.2, 0.25) is 0 Å². The van der Waals surface area contributed by atoms with Crippen molar-refractivity contribution in [3.8, 4) is 11.3 Å². The van der Waals surface area contributed by atoms with Crippen LogP contribution >= 0.6 is 0 Å². The first-order valence-corrected chi connectivity index (χ1v) is 9.78. The van der Waals surface area contributed by atoms with Crippen molar-refractivity contribution in [1.82, 2.24) is 20.0 Å². The molecule has 1 N–H and O–H groups in total. The lowest BCUT2D eigenvalue weighted by Crippen LogP contribution is -2.57. The second kappa shape index (κ2) is 6.20. The molecule has 1 saturated heterocycles. The Morgan fingerprint density at radius 3 is 2.63 bits per heavy atom. The zero-order valence-electron chi connectivity index (χ0n) is 17.0. The average Bonchev–Trinajstić information content (AvgIpc) is 3.13. The fourth-order valence-corrected chi connectivity index (χ4v) is 5.78. The highest BCUT2D eigenvalue weighted by Crippen LogP contribution is 2.63. The summed E-state index contributed by atoms with van der Waals surface area (Å²) in [5, 5.41) is 7.48. The van der Waals surface area contributed by atoms with Crippen molar-refractivity contribution in [2.75, 3.05) is 33.7 Å². The number of H-pyrrole nitrogens is 1. The molecular formula is C22H30N4O. The number of rotatable bonds is 4. The van der Waals surface area contributed by atoms with Crippen molar-refractivity contribution in [2.45, 2.75) is 27.2 Å². The molecule has 5 nitrogen and oxygen atoms in total. The molecule has 27 heavy (non-hydrogen) atoms. The van der Waals surface area contributed by atoms with E-state index in [1.165, 1.54) is 6.42 Å². The van der Waals surface area contributed by atoms with Gasteiger partial charge in [-0.1, -0.05) is 44.2 Å².